The minimum absolute atomic E-state index is 0. The van der Waals surface area contributed by atoms with Crippen LogP contribution in [0, 0.1) is 0 Å². The standard InChI is InChI=1S/C3H11NSi.2CH4/c1-4(2)5-3;;/h5H2,1-3H3;2*1H4. The molecule has 0 rings (SSSR count). The summed E-state index contributed by atoms with van der Waals surface area (Å²) in [5.41, 5.74) is 0. The van der Waals surface area contributed by atoms with Crippen LogP contribution in [0.25, 0.3) is 0 Å². The van der Waals surface area contributed by atoms with Gasteiger partial charge in [0.15, 0.2) is 0 Å². The summed E-state index contributed by atoms with van der Waals surface area (Å²) >= 11 is 0. The van der Waals surface area contributed by atoms with E-state index >= 15 is 0 Å². The molecule has 0 aromatic carbocycles. The van der Waals surface area contributed by atoms with Crippen molar-refractivity contribution in [1.82, 2.24) is 4.57 Å². The molecule has 2 heteroatoms. The highest BCUT2D eigenvalue weighted by Gasteiger charge is 1.73. The lowest BCUT2D eigenvalue weighted by molar-refractivity contribution is 0.665. The molecule has 0 atom stereocenters. The summed E-state index contributed by atoms with van der Waals surface area (Å²) in [7, 11) is 4.42. The highest BCUT2D eigenvalue weighted by atomic mass is 28.2. The Morgan fingerprint density at radius 2 is 1.29 bits per heavy atom. The van der Waals surface area contributed by atoms with Crippen LogP contribution in [0.1, 0.15) is 14.9 Å². The largest absolute Gasteiger partial charge is 0.335 e. The van der Waals surface area contributed by atoms with E-state index in [1.807, 2.05) is 0 Å². The second-order valence-electron chi connectivity index (χ2n) is 1.40. The van der Waals surface area contributed by atoms with Crippen LogP contribution in [0.4, 0.5) is 0 Å². The molecule has 0 aromatic heterocycles. The molecule has 0 saturated heterocycles. The van der Waals surface area contributed by atoms with Gasteiger partial charge in [-0.2, -0.15) is 0 Å². The van der Waals surface area contributed by atoms with Crippen molar-refractivity contribution in [3.8, 4) is 0 Å². The minimum Gasteiger partial charge on any atom is -0.335 e. The lowest BCUT2D eigenvalue weighted by Crippen LogP contribution is -2.12. The molecular weight excluding hydrogens is 102 g/mol. The second-order valence-corrected chi connectivity index (χ2v) is 3.29. The average Bonchev–Trinajstić information content (AvgIpc) is 1.38. The fourth-order valence-corrected chi connectivity index (χ4v) is 0. The van der Waals surface area contributed by atoms with E-state index < -0.39 is 0 Å². The van der Waals surface area contributed by atoms with Crippen molar-refractivity contribution in [2.45, 2.75) is 21.4 Å². The molecule has 0 aliphatic rings. The van der Waals surface area contributed by atoms with E-state index in [9.17, 15) is 0 Å². The second kappa shape index (κ2) is 9.49. The first kappa shape index (κ1) is 15.7. The zero-order chi connectivity index (χ0) is 4.28. The molecule has 0 radical (unpaired) electrons. The Morgan fingerprint density at radius 3 is 1.29 bits per heavy atom. The van der Waals surface area contributed by atoms with Crippen molar-refractivity contribution in [3.05, 3.63) is 0 Å². The van der Waals surface area contributed by atoms with Crippen molar-refractivity contribution in [3.63, 3.8) is 0 Å². The maximum Gasteiger partial charge on any atom is 0.0913 e. The summed E-state index contributed by atoms with van der Waals surface area (Å²) < 4.78 is 2.26. The normalized spacial score (nSPS) is 8.57. The van der Waals surface area contributed by atoms with Gasteiger partial charge >= 0.3 is 0 Å². The third-order valence-electron chi connectivity index (χ3n) is 0.632. The molecule has 0 aliphatic heterocycles. The van der Waals surface area contributed by atoms with Gasteiger partial charge in [-0.15, -0.1) is 0 Å². The highest BCUT2D eigenvalue weighted by molar-refractivity contribution is 6.29. The maximum atomic E-state index is 2.26. The van der Waals surface area contributed by atoms with E-state index in [1.165, 1.54) is 0 Å². The molecule has 0 spiro atoms. The number of nitrogens with zero attached hydrogens (tertiary/aromatic N) is 1. The average molecular weight is 121 g/mol. The third-order valence-corrected chi connectivity index (χ3v) is 1.90. The Morgan fingerprint density at radius 1 is 1.14 bits per heavy atom. The van der Waals surface area contributed by atoms with Crippen LogP contribution in [0.5, 0.6) is 0 Å². The highest BCUT2D eigenvalue weighted by Crippen LogP contribution is 1.60. The van der Waals surface area contributed by atoms with Gasteiger partial charge in [0, 0.05) is 0 Å². The molecule has 7 heavy (non-hydrogen) atoms. The molecule has 0 heterocycles. The van der Waals surface area contributed by atoms with Crippen molar-refractivity contribution in [2.24, 2.45) is 0 Å². The first-order valence-electron chi connectivity index (χ1n) is 1.92. The van der Waals surface area contributed by atoms with Crippen LogP contribution in [-0.2, 0) is 0 Å². The Balaban J connectivity index is -0.0000000800. The van der Waals surface area contributed by atoms with Crippen molar-refractivity contribution < 1.29 is 0 Å². The van der Waals surface area contributed by atoms with Gasteiger partial charge in [0.05, 0.1) is 9.68 Å². The maximum absolute atomic E-state index is 2.26. The molecule has 1 nitrogen and oxygen atoms in total. The third kappa shape index (κ3) is 22.7. The SMILES string of the molecule is C.C.C[SiH2]N(C)C. The summed E-state index contributed by atoms with van der Waals surface area (Å²) in [6, 6.07) is 0. The lowest BCUT2D eigenvalue weighted by Gasteiger charge is -1.99. The van der Waals surface area contributed by atoms with Crippen LogP contribution in [-0.4, -0.2) is 28.3 Å². The van der Waals surface area contributed by atoms with Gasteiger partial charge in [0.2, 0.25) is 0 Å². The van der Waals surface area contributed by atoms with Crippen LogP contribution in [0.15, 0.2) is 0 Å². The smallest absolute Gasteiger partial charge is 0.0913 e. The van der Waals surface area contributed by atoms with Gasteiger partial charge in [0.1, 0.15) is 0 Å². The van der Waals surface area contributed by atoms with Crippen LogP contribution >= 0.6 is 0 Å². The van der Waals surface area contributed by atoms with Gasteiger partial charge in [-0.1, -0.05) is 21.4 Å². The van der Waals surface area contributed by atoms with E-state index in [-0.39, 0.29) is 24.5 Å². The molecular formula is C5H19NSi. The first-order valence-corrected chi connectivity index (χ1v) is 3.96. The van der Waals surface area contributed by atoms with Crippen LogP contribution in [0.2, 0.25) is 6.55 Å². The zero-order valence-electron chi connectivity index (χ0n) is 4.15. The van der Waals surface area contributed by atoms with Gasteiger partial charge in [0.25, 0.3) is 0 Å². The predicted octanol–water partition coefficient (Wildman–Crippen LogP) is 0.952. The van der Waals surface area contributed by atoms with Gasteiger partial charge in [-0.05, 0) is 14.1 Å². The number of rotatable bonds is 1. The molecule has 0 aliphatic carbocycles. The Kier molecular flexibility index (Phi) is 21.3. The van der Waals surface area contributed by atoms with Crippen molar-refractivity contribution in [1.29, 1.82) is 0 Å². The summed E-state index contributed by atoms with van der Waals surface area (Å²) in [6.45, 7) is 2.26. The zero-order valence-corrected chi connectivity index (χ0v) is 5.57. The monoisotopic (exact) mass is 121 g/mol. The summed E-state index contributed by atoms with van der Waals surface area (Å²) in [5.74, 6) is 0. The fraction of sp³-hybridized carbons (Fsp3) is 1.00. The molecule has 0 amide bonds. The lowest BCUT2D eigenvalue weighted by atomic mass is 11.3. The Labute approximate surface area is 50.6 Å². The summed E-state index contributed by atoms with van der Waals surface area (Å²) in [4.78, 5) is 0. The van der Waals surface area contributed by atoms with Gasteiger partial charge in [-0.3, -0.25) is 0 Å². The summed E-state index contributed by atoms with van der Waals surface area (Å²) in [6.07, 6.45) is 0. The van der Waals surface area contributed by atoms with E-state index in [1.54, 1.807) is 0 Å². The molecule has 48 valence electrons. The van der Waals surface area contributed by atoms with Crippen molar-refractivity contribution >= 4 is 9.68 Å². The summed E-state index contributed by atoms with van der Waals surface area (Å²) in [5, 5.41) is 0. The van der Waals surface area contributed by atoms with Gasteiger partial charge < -0.3 is 4.57 Å². The molecule has 0 bridgehead atoms. The van der Waals surface area contributed by atoms with E-state index in [4.69, 9.17) is 0 Å². The molecule has 0 fully saturated rings. The number of hydrogen-bond donors (Lipinski definition) is 0. The molecule has 0 saturated carbocycles. The van der Waals surface area contributed by atoms with Crippen molar-refractivity contribution in [2.75, 3.05) is 14.1 Å². The quantitative estimate of drug-likeness (QED) is 0.467. The molecule has 0 N–H and O–H groups in total. The topological polar surface area (TPSA) is 3.24 Å². The minimum atomic E-state index is 0. The van der Waals surface area contributed by atoms with E-state index in [0.717, 1.165) is 0 Å². The fourth-order valence-electron chi connectivity index (χ4n) is 0. The van der Waals surface area contributed by atoms with Gasteiger partial charge in [-0.25, -0.2) is 0 Å². The molecule has 0 unspecified atom stereocenters. The number of hydrogen-bond acceptors (Lipinski definition) is 1. The Bertz CT molecular complexity index is 22.0. The first-order chi connectivity index (χ1) is 2.27. The van der Waals surface area contributed by atoms with E-state index in [2.05, 4.69) is 25.2 Å². The van der Waals surface area contributed by atoms with Crippen LogP contribution in [0.3, 0.4) is 0 Å². The molecule has 0 aromatic rings. The van der Waals surface area contributed by atoms with E-state index in [0.29, 0.717) is 0 Å². The predicted molar refractivity (Wildman–Crippen MR) is 41.6 cm³/mol. The van der Waals surface area contributed by atoms with Crippen LogP contribution < -0.4 is 0 Å². The Hall–Kier alpha value is 0.177.